The first-order valence-corrected chi connectivity index (χ1v) is 15.7. The maximum Gasteiger partial charge on any atom is 0.281 e. The Hall–Kier alpha value is -3.78. The van der Waals surface area contributed by atoms with E-state index in [9.17, 15) is 19.5 Å². The summed E-state index contributed by atoms with van der Waals surface area (Å²) in [5.74, 6) is -1.09. The molecule has 0 aliphatic carbocycles. The molecule has 2 aromatic carbocycles. The van der Waals surface area contributed by atoms with Crippen LogP contribution < -0.4 is 16.1 Å². The molecule has 0 radical (unpaired) electrons. The number of carbonyl (C=O) groups is 3. The second-order valence-electron chi connectivity index (χ2n) is 9.23. The van der Waals surface area contributed by atoms with Crippen LogP contribution in [-0.2, 0) is 11.3 Å². The van der Waals surface area contributed by atoms with E-state index in [-0.39, 0.29) is 42.2 Å². The summed E-state index contributed by atoms with van der Waals surface area (Å²) >= 11 is 14.4. The summed E-state index contributed by atoms with van der Waals surface area (Å²) in [4.78, 5) is 38.8. The average Bonchev–Trinajstić information content (AvgIpc) is 3.67. The number of carbonyl (C=O) groups excluding carboxylic acids is 3. The highest BCUT2D eigenvalue weighted by Crippen LogP contribution is 2.40. The molecular formula is C30H28Cl2N4O6S2. The third kappa shape index (κ3) is 8.65. The van der Waals surface area contributed by atoms with Gasteiger partial charge in [0.05, 0.1) is 55.8 Å². The molecular weight excluding hydrogens is 647 g/mol. The lowest BCUT2D eigenvalue weighted by atomic mass is 10.1. The smallest absolute Gasteiger partial charge is 0.281 e. The number of hydrogen-bond acceptors (Lipinski definition) is 9. The SMILES string of the molecule is C/C(=N\NC(=O)c1ccc(C(=O)NCc2ccc(C(=O)NCCOCCO)cc2)s1)c1csc(-c2ccc(Cl)c(Cl)c2)c1O. The zero-order chi connectivity index (χ0) is 31.6. The Morgan fingerprint density at radius 2 is 1.64 bits per heavy atom. The molecule has 0 atom stereocenters. The fraction of sp³-hybridized carbons (Fsp3) is 0.200. The van der Waals surface area contributed by atoms with Gasteiger partial charge in [0.25, 0.3) is 17.7 Å². The summed E-state index contributed by atoms with van der Waals surface area (Å²) in [5, 5.41) is 31.6. The number of hydrazone groups is 1. The molecule has 0 aliphatic heterocycles. The Kier molecular flexibility index (Phi) is 11.9. The molecule has 44 heavy (non-hydrogen) atoms. The van der Waals surface area contributed by atoms with E-state index in [4.69, 9.17) is 33.0 Å². The van der Waals surface area contributed by atoms with Crippen LogP contribution in [-0.4, -0.2) is 60.0 Å². The first-order valence-electron chi connectivity index (χ1n) is 13.2. The van der Waals surface area contributed by atoms with Gasteiger partial charge in [-0.25, -0.2) is 5.43 Å². The summed E-state index contributed by atoms with van der Waals surface area (Å²) < 4.78 is 5.11. The van der Waals surface area contributed by atoms with Crippen molar-refractivity contribution in [1.29, 1.82) is 0 Å². The third-order valence-corrected chi connectivity index (χ3v) is 8.99. The molecule has 4 aromatic rings. The minimum Gasteiger partial charge on any atom is -0.506 e. The van der Waals surface area contributed by atoms with Crippen molar-refractivity contribution in [3.8, 4) is 16.2 Å². The van der Waals surface area contributed by atoms with Gasteiger partial charge in [-0.15, -0.1) is 22.7 Å². The van der Waals surface area contributed by atoms with Gasteiger partial charge >= 0.3 is 0 Å². The third-order valence-electron chi connectivity index (χ3n) is 6.15. The predicted octanol–water partition coefficient (Wildman–Crippen LogP) is 5.31. The first kappa shape index (κ1) is 33.1. The fourth-order valence-corrected chi connectivity index (χ4v) is 5.94. The molecule has 2 aromatic heterocycles. The van der Waals surface area contributed by atoms with E-state index < -0.39 is 5.91 Å². The molecule has 0 spiro atoms. The van der Waals surface area contributed by atoms with Gasteiger partial charge in [-0.3, -0.25) is 14.4 Å². The fourth-order valence-electron chi connectivity index (χ4n) is 3.83. The Balaban J connectivity index is 1.28. The number of aliphatic hydroxyl groups is 1. The molecule has 3 amide bonds. The van der Waals surface area contributed by atoms with Gasteiger partial charge in [-0.2, -0.15) is 5.10 Å². The summed E-state index contributed by atoms with van der Waals surface area (Å²) in [6.07, 6.45) is 0. The van der Waals surface area contributed by atoms with E-state index in [2.05, 4.69) is 21.2 Å². The van der Waals surface area contributed by atoms with Crippen molar-refractivity contribution < 1.29 is 29.3 Å². The molecule has 10 nitrogen and oxygen atoms in total. The monoisotopic (exact) mass is 674 g/mol. The Bertz CT molecular complexity index is 1670. The van der Waals surface area contributed by atoms with E-state index in [1.54, 1.807) is 60.8 Å². The number of nitrogens with one attached hydrogen (secondary N) is 3. The first-order chi connectivity index (χ1) is 21.2. The van der Waals surface area contributed by atoms with Gasteiger partial charge in [0, 0.05) is 24.0 Å². The van der Waals surface area contributed by atoms with E-state index >= 15 is 0 Å². The summed E-state index contributed by atoms with van der Waals surface area (Å²) in [6.45, 7) is 2.66. The minimum absolute atomic E-state index is 0.0114. The van der Waals surface area contributed by atoms with Crippen LogP contribution in [0.15, 0.2) is 65.1 Å². The van der Waals surface area contributed by atoms with Gasteiger partial charge in [0.1, 0.15) is 5.75 Å². The highest BCUT2D eigenvalue weighted by molar-refractivity contribution is 7.16. The second kappa shape index (κ2) is 15.8. The molecule has 2 heterocycles. The predicted molar refractivity (Wildman–Crippen MR) is 173 cm³/mol. The molecule has 4 rings (SSSR count). The molecule has 14 heteroatoms. The van der Waals surface area contributed by atoms with Crippen molar-refractivity contribution in [2.75, 3.05) is 26.4 Å². The molecule has 0 saturated carbocycles. The quantitative estimate of drug-likeness (QED) is 0.0737. The topological polar surface area (TPSA) is 149 Å². The van der Waals surface area contributed by atoms with Crippen molar-refractivity contribution in [3.63, 3.8) is 0 Å². The lowest BCUT2D eigenvalue weighted by molar-refractivity contribution is 0.0837. The highest BCUT2D eigenvalue weighted by atomic mass is 35.5. The van der Waals surface area contributed by atoms with Crippen LogP contribution in [0.5, 0.6) is 5.75 Å². The van der Waals surface area contributed by atoms with Gasteiger partial charge in [0.15, 0.2) is 0 Å². The average molecular weight is 676 g/mol. The largest absolute Gasteiger partial charge is 0.506 e. The zero-order valence-electron chi connectivity index (χ0n) is 23.4. The van der Waals surface area contributed by atoms with Crippen molar-refractivity contribution in [2.45, 2.75) is 13.5 Å². The maximum absolute atomic E-state index is 12.7. The Morgan fingerprint density at radius 1 is 0.909 bits per heavy atom. The van der Waals surface area contributed by atoms with Crippen molar-refractivity contribution in [3.05, 3.63) is 96.5 Å². The molecule has 0 unspecified atom stereocenters. The van der Waals surface area contributed by atoms with Crippen LogP contribution >= 0.6 is 45.9 Å². The number of amides is 3. The summed E-state index contributed by atoms with van der Waals surface area (Å²) in [7, 11) is 0. The number of rotatable bonds is 13. The number of ether oxygens (including phenoxy) is 1. The molecule has 230 valence electrons. The van der Waals surface area contributed by atoms with Crippen molar-refractivity contribution in [1.82, 2.24) is 16.1 Å². The van der Waals surface area contributed by atoms with Crippen molar-refractivity contribution >= 4 is 69.3 Å². The van der Waals surface area contributed by atoms with E-state index in [1.807, 2.05) is 0 Å². The summed E-state index contributed by atoms with van der Waals surface area (Å²) in [6, 6.07) is 14.9. The summed E-state index contributed by atoms with van der Waals surface area (Å²) in [5.41, 5.74) is 5.28. The number of hydrogen-bond donors (Lipinski definition) is 5. The van der Waals surface area contributed by atoms with Crippen LogP contribution in [0.25, 0.3) is 10.4 Å². The van der Waals surface area contributed by atoms with Gasteiger partial charge in [-0.1, -0.05) is 41.4 Å². The number of benzene rings is 2. The molecule has 0 fully saturated rings. The van der Waals surface area contributed by atoms with Crippen LogP contribution in [0.4, 0.5) is 0 Å². The number of thiophene rings is 2. The zero-order valence-corrected chi connectivity index (χ0v) is 26.5. The van der Waals surface area contributed by atoms with E-state index in [0.29, 0.717) is 55.4 Å². The molecule has 0 bridgehead atoms. The number of nitrogens with zero attached hydrogens (tertiary/aromatic N) is 1. The van der Waals surface area contributed by atoms with Crippen LogP contribution in [0.1, 0.15) is 47.8 Å². The standard InChI is InChI=1S/C30H28Cl2N4O6S2/c1-17(21-16-43-27(26(21)38)20-6-7-22(31)23(32)14-20)35-36-30(41)25-9-8-24(44-25)29(40)34-15-18-2-4-19(5-3-18)28(39)33-10-12-42-13-11-37/h2-9,14,16,37-38H,10-13,15H2,1H3,(H,33,39)(H,34,40)(H,36,41)/b35-17+. The lowest BCUT2D eigenvalue weighted by Gasteiger charge is -2.07. The van der Waals surface area contributed by atoms with Crippen LogP contribution in [0.3, 0.4) is 0 Å². The van der Waals surface area contributed by atoms with E-state index in [0.717, 1.165) is 16.9 Å². The second-order valence-corrected chi connectivity index (χ2v) is 12.0. The van der Waals surface area contributed by atoms with Gasteiger partial charge in [-0.05, 0) is 54.4 Å². The normalized spacial score (nSPS) is 11.3. The Morgan fingerprint density at radius 3 is 2.34 bits per heavy atom. The maximum atomic E-state index is 12.7. The molecule has 0 aliphatic rings. The van der Waals surface area contributed by atoms with Gasteiger partial charge in [0.2, 0.25) is 0 Å². The van der Waals surface area contributed by atoms with Crippen molar-refractivity contribution in [2.24, 2.45) is 5.10 Å². The van der Waals surface area contributed by atoms with Crippen LogP contribution in [0, 0.1) is 0 Å². The highest BCUT2D eigenvalue weighted by Gasteiger charge is 2.17. The Labute approximate surface area is 271 Å². The number of aliphatic hydroxyl groups excluding tert-OH is 1. The van der Waals surface area contributed by atoms with E-state index in [1.165, 1.54) is 17.4 Å². The number of aromatic hydroxyl groups is 1. The molecule has 5 N–H and O–H groups in total. The van der Waals surface area contributed by atoms with Gasteiger partial charge < -0.3 is 25.6 Å². The van der Waals surface area contributed by atoms with Crippen LogP contribution in [0.2, 0.25) is 10.0 Å². The molecule has 0 saturated heterocycles. The minimum atomic E-state index is -0.498. The lowest BCUT2D eigenvalue weighted by Crippen LogP contribution is -2.27. The number of halogens is 2.